The van der Waals surface area contributed by atoms with Gasteiger partial charge in [0, 0.05) is 43.4 Å². The van der Waals surface area contributed by atoms with E-state index >= 15 is 0 Å². The van der Waals surface area contributed by atoms with Crippen LogP contribution in [-0.4, -0.2) is 54.0 Å². The van der Waals surface area contributed by atoms with Gasteiger partial charge >= 0.3 is 0 Å². The maximum atomic E-state index is 4.54. The Bertz CT molecular complexity index is 1090. The lowest BCUT2D eigenvalue weighted by atomic mass is 10.0. The molecule has 0 spiro atoms. The number of rotatable bonds is 4. The molecule has 132 valence electrons. The molecule has 1 N–H and O–H groups in total. The smallest absolute Gasteiger partial charge is 0.177 e. The SMILES string of the molecule is Cc1cc(NCC2CN(c3ccc4nncn4n3)C2)n2nc(C)cc2n1. The zero-order chi connectivity index (χ0) is 17.7. The molecule has 0 aliphatic carbocycles. The van der Waals surface area contributed by atoms with Gasteiger partial charge in [-0.15, -0.1) is 15.3 Å². The quantitative estimate of drug-likeness (QED) is 0.594. The third-order valence-electron chi connectivity index (χ3n) is 4.68. The van der Waals surface area contributed by atoms with Crippen molar-refractivity contribution in [2.24, 2.45) is 5.92 Å². The zero-order valence-corrected chi connectivity index (χ0v) is 14.7. The highest BCUT2D eigenvalue weighted by molar-refractivity contribution is 5.51. The minimum absolute atomic E-state index is 0.564. The summed E-state index contributed by atoms with van der Waals surface area (Å²) in [4.78, 5) is 6.78. The Kier molecular flexibility index (Phi) is 3.27. The van der Waals surface area contributed by atoms with Crippen LogP contribution in [0.5, 0.6) is 0 Å². The van der Waals surface area contributed by atoms with Crippen LogP contribution in [0.15, 0.2) is 30.6 Å². The fraction of sp³-hybridized carbons (Fsp3) is 0.353. The minimum Gasteiger partial charge on any atom is -0.369 e. The molecule has 26 heavy (non-hydrogen) atoms. The van der Waals surface area contributed by atoms with E-state index in [1.807, 2.05) is 42.6 Å². The van der Waals surface area contributed by atoms with Crippen molar-refractivity contribution in [2.45, 2.75) is 13.8 Å². The van der Waals surface area contributed by atoms with E-state index in [4.69, 9.17) is 0 Å². The highest BCUT2D eigenvalue weighted by atomic mass is 15.4. The first-order valence-corrected chi connectivity index (χ1v) is 8.65. The summed E-state index contributed by atoms with van der Waals surface area (Å²) in [5, 5.41) is 20.4. The highest BCUT2D eigenvalue weighted by Gasteiger charge is 2.28. The van der Waals surface area contributed by atoms with E-state index in [0.717, 1.165) is 54.0 Å². The lowest BCUT2D eigenvalue weighted by molar-refractivity contribution is 0.424. The molecule has 0 amide bonds. The molecule has 0 saturated carbocycles. The summed E-state index contributed by atoms with van der Waals surface area (Å²) in [7, 11) is 0. The summed E-state index contributed by atoms with van der Waals surface area (Å²) in [6.07, 6.45) is 1.63. The van der Waals surface area contributed by atoms with E-state index in [1.165, 1.54) is 0 Å². The molecule has 5 rings (SSSR count). The van der Waals surface area contributed by atoms with E-state index in [0.29, 0.717) is 5.92 Å². The Balaban J connectivity index is 1.25. The number of aromatic nitrogens is 7. The average Bonchev–Trinajstić information content (AvgIpc) is 3.18. The van der Waals surface area contributed by atoms with Crippen LogP contribution in [0.3, 0.4) is 0 Å². The number of anilines is 2. The van der Waals surface area contributed by atoms with Crippen molar-refractivity contribution in [1.82, 2.24) is 34.4 Å². The third-order valence-corrected chi connectivity index (χ3v) is 4.68. The minimum atomic E-state index is 0.564. The Morgan fingerprint density at radius 3 is 2.85 bits per heavy atom. The Labute approximate surface area is 149 Å². The second-order valence-corrected chi connectivity index (χ2v) is 6.82. The topological polar surface area (TPSA) is 88.5 Å². The van der Waals surface area contributed by atoms with Gasteiger partial charge in [-0.2, -0.15) is 14.1 Å². The summed E-state index contributed by atoms with van der Waals surface area (Å²) >= 11 is 0. The number of nitrogens with one attached hydrogen (secondary N) is 1. The van der Waals surface area contributed by atoms with Crippen LogP contribution in [0.1, 0.15) is 11.4 Å². The van der Waals surface area contributed by atoms with E-state index in [1.54, 1.807) is 10.8 Å². The highest BCUT2D eigenvalue weighted by Crippen LogP contribution is 2.23. The van der Waals surface area contributed by atoms with Crippen molar-refractivity contribution in [2.75, 3.05) is 29.9 Å². The molecule has 0 bridgehead atoms. The molecule has 4 aromatic heterocycles. The molecule has 9 heteroatoms. The van der Waals surface area contributed by atoms with Gasteiger partial charge in [0.15, 0.2) is 11.3 Å². The van der Waals surface area contributed by atoms with Gasteiger partial charge in [0.2, 0.25) is 0 Å². The third kappa shape index (κ3) is 2.52. The summed E-state index contributed by atoms with van der Waals surface area (Å²) in [6, 6.07) is 7.97. The summed E-state index contributed by atoms with van der Waals surface area (Å²) in [5.74, 6) is 2.51. The normalized spacial score (nSPS) is 14.9. The van der Waals surface area contributed by atoms with Crippen molar-refractivity contribution in [3.63, 3.8) is 0 Å². The van der Waals surface area contributed by atoms with Gasteiger partial charge in [-0.1, -0.05) is 0 Å². The average molecular weight is 349 g/mol. The summed E-state index contributed by atoms with van der Waals surface area (Å²) in [6.45, 7) is 6.82. The van der Waals surface area contributed by atoms with Crippen molar-refractivity contribution in [3.8, 4) is 0 Å². The molecular weight excluding hydrogens is 330 g/mol. The van der Waals surface area contributed by atoms with E-state index < -0.39 is 0 Å². The van der Waals surface area contributed by atoms with Crippen LogP contribution >= 0.6 is 0 Å². The van der Waals surface area contributed by atoms with Crippen LogP contribution < -0.4 is 10.2 Å². The second kappa shape index (κ2) is 5.65. The van der Waals surface area contributed by atoms with Crippen LogP contribution in [-0.2, 0) is 0 Å². The Morgan fingerprint density at radius 2 is 1.96 bits per heavy atom. The van der Waals surface area contributed by atoms with Gasteiger partial charge in [0.05, 0.1) is 5.69 Å². The van der Waals surface area contributed by atoms with Gasteiger partial charge in [-0.25, -0.2) is 4.98 Å². The van der Waals surface area contributed by atoms with Crippen molar-refractivity contribution < 1.29 is 0 Å². The Morgan fingerprint density at radius 1 is 1.08 bits per heavy atom. The van der Waals surface area contributed by atoms with Crippen molar-refractivity contribution >= 4 is 22.9 Å². The zero-order valence-electron chi connectivity index (χ0n) is 14.7. The standard InChI is InChI=1S/C17H19N9/c1-11-5-16(26-17(20-11)6-12(2)22-26)18-7-13-8-24(9-13)15-4-3-14-21-19-10-25(14)23-15/h3-6,10,13,18H,7-9H2,1-2H3. The van der Waals surface area contributed by atoms with E-state index in [9.17, 15) is 0 Å². The molecule has 0 radical (unpaired) electrons. The maximum absolute atomic E-state index is 4.54. The molecule has 5 heterocycles. The number of hydrogen-bond donors (Lipinski definition) is 1. The Hall–Kier alpha value is -3.23. The predicted molar refractivity (Wildman–Crippen MR) is 97.4 cm³/mol. The number of nitrogens with zero attached hydrogens (tertiary/aromatic N) is 8. The second-order valence-electron chi connectivity index (χ2n) is 6.82. The largest absolute Gasteiger partial charge is 0.369 e. The van der Waals surface area contributed by atoms with Gasteiger partial charge in [0.1, 0.15) is 18.0 Å². The molecule has 0 aromatic carbocycles. The number of hydrogen-bond acceptors (Lipinski definition) is 7. The van der Waals surface area contributed by atoms with Crippen LogP contribution in [0.4, 0.5) is 11.6 Å². The molecule has 4 aromatic rings. The van der Waals surface area contributed by atoms with Gasteiger partial charge in [-0.3, -0.25) is 0 Å². The van der Waals surface area contributed by atoms with E-state index in [-0.39, 0.29) is 0 Å². The molecular formula is C17H19N9. The van der Waals surface area contributed by atoms with Gasteiger partial charge in [0.25, 0.3) is 0 Å². The first-order chi connectivity index (χ1) is 12.7. The number of fused-ring (bicyclic) bond motifs is 2. The summed E-state index contributed by atoms with van der Waals surface area (Å²) in [5.41, 5.74) is 3.60. The summed E-state index contributed by atoms with van der Waals surface area (Å²) < 4.78 is 3.58. The molecule has 0 atom stereocenters. The lowest BCUT2D eigenvalue weighted by Gasteiger charge is -2.40. The van der Waals surface area contributed by atoms with Crippen LogP contribution in [0.2, 0.25) is 0 Å². The van der Waals surface area contributed by atoms with Crippen LogP contribution in [0.25, 0.3) is 11.3 Å². The van der Waals surface area contributed by atoms with E-state index in [2.05, 4.69) is 35.6 Å². The van der Waals surface area contributed by atoms with Crippen molar-refractivity contribution in [1.29, 1.82) is 0 Å². The molecule has 0 unspecified atom stereocenters. The van der Waals surface area contributed by atoms with Gasteiger partial charge < -0.3 is 10.2 Å². The molecule has 1 aliphatic rings. The molecule has 1 fully saturated rings. The predicted octanol–water partition coefficient (Wildman–Crippen LogP) is 1.33. The fourth-order valence-electron chi connectivity index (χ4n) is 3.36. The molecule has 9 nitrogen and oxygen atoms in total. The monoisotopic (exact) mass is 349 g/mol. The number of aryl methyl sites for hydroxylation is 2. The molecule has 1 saturated heterocycles. The van der Waals surface area contributed by atoms with Crippen molar-refractivity contribution in [3.05, 3.63) is 42.0 Å². The first-order valence-electron chi connectivity index (χ1n) is 8.65. The molecule has 1 aliphatic heterocycles. The van der Waals surface area contributed by atoms with Gasteiger partial charge in [-0.05, 0) is 26.0 Å². The lowest BCUT2D eigenvalue weighted by Crippen LogP contribution is -2.50. The fourth-order valence-corrected chi connectivity index (χ4v) is 3.36. The maximum Gasteiger partial charge on any atom is 0.177 e. The first kappa shape index (κ1) is 15.1. The van der Waals surface area contributed by atoms with Crippen LogP contribution in [0, 0.1) is 19.8 Å².